The molecule has 0 radical (unpaired) electrons. The van der Waals surface area contributed by atoms with Crippen molar-refractivity contribution < 1.29 is 4.79 Å². The molecule has 44 heavy (non-hydrogen) atoms. The van der Waals surface area contributed by atoms with Crippen molar-refractivity contribution in [2.75, 3.05) is 16.0 Å². The smallest absolute Gasteiger partial charge is 0.323 e. The molecule has 2 aromatic carbocycles. The van der Waals surface area contributed by atoms with Gasteiger partial charge in [-0.3, -0.25) is 15.8 Å². The molecule has 0 unspecified atom stereocenters. The van der Waals surface area contributed by atoms with Crippen LogP contribution in [-0.2, 0) is 0 Å². The van der Waals surface area contributed by atoms with Crippen LogP contribution in [0.25, 0.3) is 11.3 Å². The number of anilines is 4. The van der Waals surface area contributed by atoms with Crippen LogP contribution in [0.5, 0.6) is 0 Å². The maximum atomic E-state index is 13.1. The van der Waals surface area contributed by atoms with E-state index in [0.29, 0.717) is 45.6 Å². The van der Waals surface area contributed by atoms with E-state index >= 15 is 0 Å². The first-order valence-electron chi connectivity index (χ1n) is 13.2. The molecule has 0 saturated heterocycles. The highest BCUT2D eigenvalue weighted by molar-refractivity contribution is 6.07. The molecule has 15 nitrogen and oxygen atoms in total. The number of carbonyl (C=O) groups excluding carboxylic acids is 1. The van der Waals surface area contributed by atoms with Gasteiger partial charge in [0.05, 0.1) is 17.1 Å². The third-order valence-electron chi connectivity index (χ3n) is 6.07. The van der Waals surface area contributed by atoms with Gasteiger partial charge in [-0.05, 0) is 74.9 Å². The minimum atomic E-state index is -0.495. The van der Waals surface area contributed by atoms with Crippen molar-refractivity contribution in [1.82, 2.24) is 25.8 Å². The Morgan fingerprint density at radius 2 is 1.50 bits per heavy atom. The summed E-state index contributed by atoms with van der Waals surface area (Å²) in [5.41, 5.74) is 22.0. The average molecular weight is 593 g/mol. The minimum absolute atomic E-state index is 0.318. The molecule has 0 bridgehead atoms. The fourth-order valence-electron chi connectivity index (χ4n) is 3.88. The van der Waals surface area contributed by atoms with Gasteiger partial charge in [0.1, 0.15) is 0 Å². The Kier molecular flexibility index (Phi) is 9.72. The quantitative estimate of drug-likeness (QED) is 0.0781. The van der Waals surface area contributed by atoms with Crippen molar-refractivity contribution in [2.24, 2.45) is 21.7 Å². The molecular weight excluding hydrogens is 560 g/mol. The summed E-state index contributed by atoms with van der Waals surface area (Å²) in [7, 11) is 0. The molecule has 0 aliphatic carbocycles. The number of aryl methyl sites for hydroxylation is 1. The van der Waals surface area contributed by atoms with E-state index in [9.17, 15) is 4.79 Å². The predicted molar refractivity (Wildman–Crippen MR) is 173 cm³/mol. The van der Waals surface area contributed by atoms with Gasteiger partial charge in [0, 0.05) is 52.3 Å². The van der Waals surface area contributed by atoms with E-state index in [0.717, 1.165) is 16.8 Å². The molecule has 0 fully saturated rings. The lowest BCUT2D eigenvalue weighted by Gasteiger charge is -2.14. The van der Waals surface area contributed by atoms with Crippen molar-refractivity contribution in [1.29, 1.82) is 10.8 Å². The summed E-state index contributed by atoms with van der Waals surface area (Å²) >= 11 is 0. The summed E-state index contributed by atoms with van der Waals surface area (Å²) in [6.45, 7) is 5.37. The highest BCUT2D eigenvalue weighted by atomic mass is 16.2. The van der Waals surface area contributed by atoms with Crippen LogP contribution in [0.1, 0.15) is 30.5 Å². The van der Waals surface area contributed by atoms with E-state index in [1.54, 1.807) is 68.8 Å². The fraction of sp³-hybridized carbons (Fsp3) is 0.103. The second kappa shape index (κ2) is 14.0. The number of carbonyl (C=O) groups is 1. The molecule has 0 atom stereocenters. The standard InChI is InChI=1S/C29H32N14O/c1-16-6-7-22(14-25(16)39-28-35-10-8-24(38-28)19-5-4-9-34-15-19)36-29(44)37-23-12-20(17(2)40-42-26(30)31)11-21(13-23)18(3)41-43-27(32)33/h4-15H,1-3H3,(H4,30,31,42)(H4,32,33,43)(H,35,38,39)(H2,36,37,44)/b40-17-,41-18+. The molecule has 224 valence electrons. The zero-order chi connectivity index (χ0) is 31.6. The van der Waals surface area contributed by atoms with Crippen LogP contribution >= 0.6 is 0 Å². The second-order valence-corrected chi connectivity index (χ2v) is 9.49. The number of nitrogens with zero attached hydrogens (tertiary/aromatic N) is 5. The van der Waals surface area contributed by atoms with E-state index in [-0.39, 0.29) is 11.9 Å². The van der Waals surface area contributed by atoms with Crippen LogP contribution in [0, 0.1) is 17.7 Å². The Bertz CT molecular complexity index is 1700. The summed E-state index contributed by atoms with van der Waals surface area (Å²) in [6.07, 6.45) is 5.09. The van der Waals surface area contributed by atoms with Crippen molar-refractivity contribution in [3.8, 4) is 11.3 Å². The zero-order valence-corrected chi connectivity index (χ0v) is 24.2. The van der Waals surface area contributed by atoms with E-state index < -0.39 is 6.03 Å². The van der Waals surface area contributed by atoms with E-state index in [1.807, 2.05) is 25.1 Å². The lowest BCUT2D eigenvalue weighted by molar-refractivity contribution is 0.262. The number of guanidine groups is 2. The number of nitrogens with two attached hydrogens (primary N) is 2. The first kappa shape index (κ1) is 30.6. The monoisotopic (exact) mass is 592 g/mol. The van der Waals surface area contributed by atoms with Crippen molar-refractivity contribution in [2.45, 2.75) is 20.8 Å². The zero-order valence-electron chi connectivity index (χ0n) is 24.2. The third kappa shape index (κ3) is 8.56. The van der Waals surface area contributed by atoms with Crippen LogP contribution in [0.15, 0.2) is 83.4 Å². The molecule has 15 heteroatoms. The molecular formula is C29H32N14O. The topological polar surface area (TPSA) is 240 Å². The third-order valence-corrected chi connectivity index (χ3v) is 6.07. The molecule has 4 aromatic rings. The van der Waals surface area contributed by atoms with Gasteiger partial charge in [0.2, 0.25) is 17.9 Å². The predicted octanol–water partition coefficient (Wildman–Crippen LogP) is 3.65. The fourth-order valence-corrected chi connectivity index (χ4v) is 3.88. The number of pyridine rings is 1. The van der Waals surface area contributed by atoms with Gasteiger partial charge in [-0.1, -0.05) is 6.07 Å². The largest absolute Gasteiger partial charge is 0.369 e. The summed E-state index contributed by atoms with van der Waals surface area (Å²) < 4.78 is 0. The molecule has 4 rings (SSSR count). The van der Waals surface area contributed by atoms with E-state index in [1.165, 1.54) is 0 Å². The number of benzene rings is 2. The maximum absolute atomic E-state index is 13.1. The highest BCUT2D eigenvalue weighted by Crippen LogP contribution is 2.25. The Balaban J connectivity index is 1.54. The van der Waals surface area contributed by atoms with Gasteiger partial charge in [0.25, 0.3) is 0 Å². The van der Waals surface area contributed by atoms with Gasteiger partial charge in [-0.25, -0.2) is 25.6 Å². The summed E-state index contributed by atoms with van der Waals surface area (Å²) in [5, 5.41) is 31.8. The summed E-state index contributed by atoms with van der Waals surface area (Å²) in [4.78, 5) is 26.1. The summed E-state index contributed by atoms with van der Waals surface area (Å²) in [6, 6.07) is 15.7. The average Bonchev–Trinajstić information content (AvgIpc) is 3.00. The highest BCUT2D eigenvalue weighted by Gasteiger charge is 2.11. The first-order valence-corrected chi connectivity index (χ1v) is 13.2. The number of amides is 2. The van der Waals surface area contributed by atoms with Crippen molar-refractivity contribution >= 4 is 52.4 Å². The Hall–Kier alpha value is -6.38. The molecule has 0 aliphatic heterocycles. The number of aromatic nitrogens is 3. The Morgan fingerprint density at radius 3 is 2.11 bits per heavy atom. The van der Waals surface area contributed by atoms with Crippen LogP contribution in [-0.4, -0.2) is 44.3 Å². The molecule has 0 aliphatic rings. The number of rotatable bonds is 9. The molecule has 0 spiro atoms. The van der Waals surface area contributed by atoms with Crippen LogP contribution < -0.4 is 38.3 Å². The SMILES string of the molecule is C/C(=N/NC(=N)N)c1cc(NC(=O)Nc2ccc(C)c(Nc3nccc(-c4cccnc4)n3)c2)cc(/C(C)=N/NC(=N)N)c1. The number of hydrogen-bond acceptors (Lipinski definition) is 9. The van der Waals surface area contributed by atoms with Crippen LogP contribution in [0.3, 0.4) is 0 Å². The number of nitrogens with one attached hydrogen (secondary N) is 7. The molecule has 2 amide bonds. The number of urea groups is 1. The molecule has 2 heterocycles. The summed E-state index contributed by atoms with van der Waals surface area (Å²) in [5.74, 6) is -0.240. The Morgan fingerprint density at radius 1 is 0.841 bits per heavy atom. The van der Waals surface area contributed by atoms with E-state index in [2.05, 4.69) is 52.0 Å². The Labute approximate surface area is 253 Å². The lowest BCUT2D eigenvalue weighted by atomic mass is 10.0. The number of hydrogen-bond donors (Lipinski definition) is 9. The van der Waals surface area contributed by atoms with Crippen molar-refractivity contribution in [3.05, 3.63) is 89.9 Å². The van der Waals surface area contributed by atoms with Crippen molar-refractivity contribution in [3.63, 3.8) is 0 Å². The molecule has 2 aromatic heterocycles. The van der Waals surface area contributed by atoms with E-state index in [4.69, 9.17) is 22.3 Å². The van der Waals surface area contributed by atoms with Crippen LogP contribution in [0.2, 0.25) is 0 Å². The van der Waals surface area contributed by atoms with Gasteiger partial charge >= 0.3 is 6.03 Å². The van der Waals surface area contributed by atoms with Gasteiger partial charge in [-0.2, -0.15) is 10.2 Å². The first-order chi connectivity index (χ1) is 21.1. The second-order valence-electron chi connectivity index (χ2n) is 9.49. The molecule has 11 N–H and O–H groups in total. The molecule has 0 saturated carbocycles. The lowest BCUT2D eigenvalue weighted by Crippen LogP contribution is -2.27. The van der Waals surface area contributed by atoms with Gasteiger partial charge < -0.3 is 27.4 Å². The maximum Gasteiger partial charge on any atom is 0.323 e. The van der Waals surface area contributed by atoms with Gasteiger partial charge in [0.15, 0.2) is 0 Å². The normalized spacial score (nSPS) is 11.3. The van der Waals surface area contributed by atoms with Crippen LogP contribution in [0.4, 0.5) is 27.8 Å². The number of hydrazone groups is 2. The minimum Gasteiger partial charge on any atom is -0.369 e. The van der Waals surface area contributed by atoms with Gasteiger partial charge in [-0.15, -0.1) is 0 Å².